The van der Waals surface area contributed by atoms with E-state index in [1.807, 2.05) is 0 Å². The highest BCUT2D eigenvalue weighted by atomic mass is 35.5. The Hall–Kier alpha value is -0.610. The minimum atomic E-state index is 0.364. The molecule has 2 aliphatic rings. The van der Waals surface area contributed by atoms with Crippen LogP contribution < -0.4 is 4.90 Å². The highest BCUT2D eigenvalue weighted by molar-refractivity contribution is 7.17. The van der Waals surface area contributed by atoms with Crippen molar-refractivity contribution in [1.82, 2.24) is 4.98 Å². The SMILES string of the molecule is O=Cc1sc(N2CCC[C@H]3CCCC[C@H]32)nc1Cl. The monoisotopic (exact) mass is 284 g/mol. The number of nitrogens with zero attached hydrogens (tertiary/aromatic N) is 2. The lowest BCUT2D eigenvalue weighted by Gasteiger charge is -2.44. The maximum atomic E-state index is 10.9. The van der Waals surface area contributed by atoms with Crippen LogP contribution >= 0.6 is 22.9 Å². The molecule has 1 aromatic heterocycles. The van der Waals surface area contributed by atoms with Gasteiger partial charge in [0.25, 0.3) is 0 Å². The molecule has 3 rings (SSSR count). The number of piperidine rings is 1. The van der Waals surface area contributed by atoms with Gasteiger partial charge >= 0.3 is 0 Å². The number of hydrogen-bond donors (Lipinski definition) is 0. The molecule has 0 unspecified atom stereocenters. The van der Waals surface area contributed by atoms with Crippen molar-refractivity contribution in [3.05, 3.63) is 10.0 Å². The molecule has 0 spiro atoms. The molecule has 98 valence electrons. The fraction of sp³-hybridized carbons (Fsp3) is 0.692. The van der Waals surface area contributed by atoms with Crippen molar-refractivity contribution >= 4 is 34.4 Å². The molecule has 18 heavy (non-hydrogen) atoms. The van der Waals surface area contributed by atoms with Crippen molar-refractivity contribution in [3.8, 4) is 0 Å². The van der Waals surface area contributed by atoms with E-state index >= 15 is 0 Å². The van der Waals surface area contributed by atoms with Crippen LogP contribution in [0.4, 0.5) is 5.13 Å². The van der Waals surface area contributed by atoms with E-state index in [4.69, 9.17) is 11.6 Å². The lowest BCUT2D eigenvalue weighted by Crippen LogP contribution is -2.46. The van der Waals surface area contributed by atoms with Crippen LogP contribution in [0.25, 0.3) is 0 Å². The number of aromatic nitrogens is 1. The number of aldehydes is 1. The van der Waals surface area contributed by atoms with E-state index in [-0.39, 0.29) is 0 Å². The topological polar surface area (TPSA) is 33.2 Å². The Kier molecular flexibility index (Phi) is 3.57. The summed E-state index contributed by atoms with van der Waals surface area (Å²) in [5.41, 5.74) is 0. The van der Waals surface area contributed by atoms with Crippen molar-refractivity contribution < 1.29 is 4.79 Å². The average Bonchev–Trinajstić information content (AvgIpc) is 2.79. The van der Waals surface area contributed by atoms with Gasteiger partial charge in [-0.3, -0.25) is 4.79 Å². The Labute approximate surface area is 116 Å². The second kappa shape index (κ2) is 5.17. The zero-order valence-electron chi connectivity index (χ0n) is 10.3. The predicted octanol–water partition coefficient (Wildman–Crippen LogP) is 3.77. The van der Waals surface area contributed by atoms with Gasteiger partial charge in [-0.2, -0.15) is 0 Å². The van der Waals surface area contributed by atoms with Gasteiger partial charge < -0.3 is 4.90 Å². The fourth-order valence-electron chi connectivity index (χ4n) is 3.36. The van der Waals surface area contributed by atoms with Gasteiger partial charge in [0.2, 0.25) is 0 Å². The molecule has 2 heterocycles. The van der Waals surface area contributed by atoms with E-state index in [1.165, 1.54) is 49.9 Å². The van der Waals surface area contributed by atoms with Crippen molar-refractivity contribution in [2.75, 3.05) is 11.4 Å². The highest BCUT2D eigenvalue weighted by Gasteiger charge is 2.34. The third-order valence-corrected chi connectivity index (χ3v) is 5.61. The number of fused-ring (bicyclic) bond motifs is 1. The second-order valence-corrected chi connectivity index (χ2v) is 6.58. The summed E-state index contributed by atoms with van der Waals surface area (Å²) in [6.07, 6.45) is 8.69. The molecule has 1 aliphatic heterocycles. The van der Waals surface area contributed by atoms with Crippen LogP contribution in [0.15, 0.2) is 0 Å². The summed E-state index contributed by atoms with van der Waals surface area (Å²) in [6, 6.07) is 0.620. The van der Waals surface area contributed by atoms with Crippen LogP contribution in [0.2, 0.25) is 5.15 Å². The fourth-order valence-corrected chi connectivity index (χ4v) is 4.51. The first-order valence-corrected chi connectivity index (χ1v) is 7.87. The summed E-state index contributed by atoms with van der Waals surface area (Å²) >= 11 is 7.42. The Balaban J connectivity index is 1.86. The normalized spacial score (nSPS) is 27.9. The number of halogens is 1. The molecule has 3 nitrogen and oxygen atoms in total. The molecule has 5 heteroatoms. The predicted molar refractivity (Wildman–Crippen MR) is 74.8 cm³/mol. The van der Waals surface area contributed by atoms with Crippen molar-refractivity contribution in [2.45, 2.75) is 44.6 Å². The van der Waals surface area contributed by atoms with Crippen LogP contribution in [-0.2, 0) is 0 Å². The van der Waals surface area contributed by atoms with Crippen LogP contribution in [0, 0.1) is 5.92 Å². The quantitative estimate of drug-likeness (QED) is 0.775. The Bertz CT molecular complexity index is 446. The number of thiazole rings is 1. The summed E-state index contributed by atoms with van der Waals surface area (Å²) in [4.78, 5) is 18.2. The lowest BCUT2D eigenvalue weighted by atomic mass is 9.78. The third kappa shape index (κ3) is 2.16. The standard InChI is InChI=1S/C13H17ClN2OS/c14-12-11(8-17)18-13(15-12)16-7-3-5-9-4-1-2-6-10(9)16/h8-10H,1-7H2/t9-,10-/m1/s1. The van der Waals surface area contributed by atoms with Gasteiger partial charge in [0, 0.05) is 12.6 Å². The zero-order chi connectivity index (χ0) is 12.5. The van der Waals surface area contributed by atoms with Gasteiger partial charge in [-0.15, -0.1) is 0 Å². The van der Waals surface area contributed by atoms with Crippen LogP contribution in [-0.4, -0.2) is 23.9 Å². The maximum absolute atomic E-state index is 10.9. The van der Waals surface area contributed by atoms with Crippen LogP contribution in [0.1, 0.15) is 48.2 Å². The van der Waals surface area contributed by atoms with Gasteiger partial charge in [0.05, 0.1) is 0 Å². The van der Waals surface area contributed by atoms with Crippen molar-refractivity contribution in [2.24, 2.45) is 5.92 Å². The average molecular weight is 285 g/mol. The summed E-state index contributed by atoms with van der Waals surface area (Å²) in [5, 5.41) is 1.31. The van der Waals surface area contributed by atoms with Crippen LogP contribution in [0.3, 0.4) is 0 Å². The molecule has 0 N–H and O–H groups in total. The first-order chi connectivity index (χ1) is 8.79. The first kappa shape index (κ1) is 12.4. The Morgan fingerprint density at radius 3 is 2.83 bits per heavy atom. The van der Waals surface area contributed by atoms with Crippen molar-refractivity contribution in [3.63, 3.8) is 0 Å². The summed E-state index contributed by atoms with van der Waals surface area (Å²) in [7, 11) is 0. The summed E-state index contributed by atoms with van der Waals surface area (Å²) in [6.45, 7) is 1.06. The van der Waals surface area contributed by atoms with E-state index in [2.05, 4.69) is 9.88 Å². The van der Waals surface area contributed by atoms with E-state index < -0.39 is 0 Å². The summed E-state index contributed by atoms with van der Waals surface area (Å²) < 4.78 is 0. The molecular formula is C13H17ClN2OS. The Morgan fingerprint density at radius 1 is 1.28 bits per heavy atom. The number of carbonyl (C=O) groups is 1. The smallest absolute Gasteiger partial charge is 0.187 e. The molecule has 0 bridgehead atoms. The first-order valence-electron chi connectivity index (χ1n) is 6.67. The molecular weight excluding hydrogens is 268 g/mol. The molecule has 2 fully saturated rings. The number of rotatable bonds is 2. The molecule has 0 radical (unpaired) electrons. The number of carbonyl (C=O) groups excluding carboxylic acids is 1. The maximum Gasteiger partial charge on any atom is 0.187 e. The molecule has 0 amide bonds. The molecule has 2 atom stereocenters. The van der Waals surface area contributed by atoms with Gasteiger partial charge in [0.15, 0.2) is 16.6 Å². The molecule has 0 aromatic carbocycles. The third-order valence-electron chi connectivity index (χ3n) is 4.19. The minimum Gasteiger partial charge on any atom is -0.345 e. The number of anilines is 1. The molecule has 1 aliphatic carbocycles. The van der Waals surface area contributed by atoms with E-state index in [1.54, 1.807) is 0 Å². The second-order valence-electron chi connectivity index (χ2n) is 5.22. The lowest BCUT2D eigenvalue weighted by molar-refractivity contribution is 0.112. The summed E-state index contributed by atoms with van der Waals surface area (Å²) in [5.74, 6) is 0.815. The molecule has 1 aromatic rings. The van der Waals surface area contributed by atoms with E-state index in [0.29, 0.717) is 16.1 Å². The van der Waals surface area contributed by atoms with Crippen LogP contribution in [0.5, 0.6) is 0 Å². The van der Waals surface area contributed by atoms with E-state index in [9.17, 15) is 4.79 Å². The van der Waals surface area contributed by atoms with Gasteiger partial charge in [-0.1, -0.05) is 35.8 Å². The van der Waals surface area contributed by atoms with Gasteiger partial charge in [-0.25, -0.2) is 4.98 Å². The Morgan fingerprint density at radius 2 is 2.06 bits per heavy atom. The highest BCUT2D eigenvalue weighted by Crippen LogP contribution is 2.39. The van der Waals surface area contributed by atoms with Crippen molar-refractivity contribution in [1.29, 1.82) is 0 Å². The van der Waals surface area contributed by atoms with Gasteiger partial charge in [0.1, 0.15) is 4.88 Å². The molecule has 1 saturated carbocycles. The molecule has 1 saturated heterocycles. The zero-order valence-corrected chi connectivity index (χ0v) is 11.8. The number of hydrogen-bond acceptors (Lipinski definition) is 4. The van der Waals surface area contributed by atoms with Gasteiger partial charge in [-0.05, 0) is 31.6 Å². The minimum absolute atomic E-state index is 0.364. The van der Waals surface area contributed by atoms with E-state index in [0.717, 1.165) is 23.9 Å². The largest absolute Gasteiger partial charge is 0.345 e.